The highest BCUT2D eigenvalue weighted by Crippen LogP contribution is 2.13. The fraction of sp³-hybridized carbons (Fsp3) is 1.00. The Hall–Kier alpha value is -0.120. The zero-order chi connectivity index (χ0) is 23.9. The Labute approximate surface area is 208 Å². The highest BCUT2D eigenvalue weighted by Gasteiger charge is 1.96. The quantitative estimate of drug-likeness (QED) is 0.0922. The van der Waals surface area contributed by atoms with Crippen molar-refractivity contribution in [3.05, 3.63) is 0 Å². The summed E-state index contributed by atoms with van der Waals surface area (Å²) in [7, 11) is 0. The highest BCUT2D eigenvalue weighted by atomic mass is 16.3. The maximum atomic E-state index is 8.76. The lowest BCUT2D eigenvalue weighted by Crippen LogP contribution is -2.16. The molecule has 33 heavy (non-hydrogen) atoms. The fourth-order valence-corrected chi connectivity index (χ4v) is 4.74. The smallest absolute Gasteiger partial charge is 0.0431 e. The van der Waals surface area contributed by atoms with Crippen LogP contribution < -0.4 is 5.32 Å². The normalized spacial score (nSPS) is 11.5. The molecule has 0 bridgehead atoms. The van der Waals surface area contributed by atoms with E-state index in [0.717, 1.165) is 12.8 Å². The van der Waals surface area contributed by atoms with Gasteiger partial charge in [0, 0.05) is 13.2 Å². The van der Waals surface area contributed by atoms with Crippen LogP contribution in [0.1, 0.15) is 167 Å². The second kappa shape index (κ2) is 31.9. The van der Waals surface area contributed by atoms with Crippen molar-refractivity contribution < 1.29 is 10.2 Å². The van der Waals surface area contributed by atoms with Crippen LogP contribution in [0.15, 0.2) is 0 Å². The molecular weight excluding hydrogens is 406 g/mol. The Bertz CT molecular complexity index is 294. The second-order valence-corrected chi connectivity index (χ2v) is 10.4. The Balaban J connectivity index is 2.99. The lowest BCUT2D eigenvalue weighted by Gasteiger charge is -2.06. The third-order valence-electron chi connectivity index (χ3n) is 7.02. The third kappa shape index (κ3) is 31.9. The van der Waals surface area contributed by atoms with Gasteiger partial charge in [-0.1, -0.05) is 141 Å². The monoisotopic (exact) mass is 469 g/mol. The highest BCUT2D eigenvalue weighted by molar-refractivity contribution is 4.53. The number of aliphatic hydroxyl groups is 2. The lowest BCUT2D eigenvalue weighted by molar-refractivity contribution is 0.282. The van der Waals surface area contributed by atoms with E-state index in [0.29, 0.717) is 13.2 Å². The molecule has 0 amide bonds. The van der Waals surface area contributed by atoms with E-state index in [-0.39, 0.29) is 0 Å². The summed E-state index contributed by atoms with van der Waals surface area (Å²) in [5, 5.41) is 21.2. The molecule has 0 aromatic heterocycles. The van der Waals surface area contributed by atoms with E-state index in [2.05, 4.69) is 5.32 Å². The van der Waals surface area contributed by atoms with Gasteiger partial charge in [-0.05, 0) is 38.8 Å². The number of hydrogen-bond acceptors (Lipinski definition) is 3. The van der Waals surface area contributed by atoms with Gasteiger partial charge < -0.3 is 15.5 Å². The third-order valence-corrected chi connectivity index (χ3v) is 7.02. The molecule has 0 spiro atoms. The molecule has 0 aliphatic heterocycles. The summed E-state index contributed by atoms with van der Waals surface area (Å²) in [6.45, 7) is 3.17. The standard InChI is InChI=1S/C30H63NO2/c32-29-25-21-17-13-9-5-1-3-7-11-15-19-23-27-31-28-24-20-16-12-8-4-2-6-10-14-18-22-26-30-33/h31-33H,1-30H2. The maximum absolute atomic E-state index is 8.76. The molecule has 0 radical (unpaired) electrons. The van der Waals surface area contributed by atoms with Crippen LogP contribution in [-0.4, -0.2) is 36.5 Å². The van der Waals surface area contributed by atoms with Crippen molar-refractivity contribution in [3.8, 4) is 0 Å². The van der Waals surface area contributed by atoms with Crippen LogP contribution in [0, 0.1) is 0 Å². The summed E-state index contributed by atoms with van der Waals surface area (Å²) in [6.07, 6.45) is 35.2. The number of unbranched alkanes of at least 4 members (excludes halogenated alkanes) is 24. The Morgan fingerprint density at radius 1 is 0.242 bits per heavy atom. The minimum Gasteiger partial charge on any atom is -0.396 e. The van der Waals surface area contributed by atoms with E-state index in [4.69, 9.17) is 10.2 Å². The molecular formula is C30H63NO2. The predicted molar refractivity (Wildman–Crippen MR) is 147 cm³/mol. The first-order chi connectivity index (χ1) is 16.4. The summed E-state index contributed by atoms with van der Waals surface area (Å²) in [4.78, 5) is 0. The minimum atomic E-state index is 0.367. The fourth-order valence-electron chi connectivity index (χ4n) is 4.74. The van der Waals surface area contributed by atoms with Gasteiger partial charge in [-0.2, -0.15) is 0 Å². The minimum absolute atomic E-state index is 0.367. The van der Waals surface area contributed by atoms with Crippen LogP contribution in [0.25, 0.3) is 0 Å². The van der Waals surface area contributed by atoms with E-state index < -0.39 is 0 Å². The SMILES string of the molecule is OCCCCCCCCCCCCCCCNCCCCCCCCCCCCCCCO. The topological polar surface area (TPSA) is 52.5 Å². The molecule has 0 aliphatic carbocycles. The first kappa shape index (κ1) is 32.9. The van der Waals surface area contributed by atoms with Crippen LogP contribution in [-0.2, 0) is 0 Å². The van der Waals surface area contributed by atoms with Gasteiger partial charge in [-0.15, -0.1) is 0 Å². The molecule has 0 atom stereocenters. The van der Waals surface area contributed by atoms with Crippen LogP contribution in [0.5, 0.6) is 0 Å². The van der Waals surface area contributed by atoms with Crippen LogP contribution >= 0.6 is 0 Å². The molecule has 0 aromatic rings. The number of rotatable bonds is 30. The molecule has 0 rings (SSSR count). The average molecular weight is 470 g/mol. The molecule has 0 heterocycles. The summed E-state index contributed by atoms with van der Waals surface area (Å²) >= 11 is 0. The molecule has 0 saturated carbocycles. The molecule has 200 valence electrons. The van der Waals surface area contributed by atoms with E-state index in [1.807, 2.05) is 0 Å². The molecule has 0 aliphatic rings. The van der Waals surface area contributed by atoms with Crippen molar-refractivity contribution in [2.45, 2.75) is 167 Å². The van der Waals surface area contributed by atoms with Gasteiger partial charge in [0.15, 0.2) is 0 Å². The molecule has 3 heteroatoms. The first-order valence-corrected chi connectivity index (χ1v) is 15.3. The molecule has 0 saturated heterocycles. The van der Waals surface area contributed by atoms with Crippen molar-refractivity contribution >= 4 is 0 Å². The Morgan fingerprint density at radius 3 is 0.636 bits per heavy atom. The number of hydrogen-bond donors (Lipinski definition) is 3. The van der Waals surface area contributed by atoms with Crippen molar-refractivity contribution in [1.82, 2.24) is 5.32 Å². The van der Waals surface area contributed by atoms with Gasteiger partial charge in [-0.25, -0.2) is 0 Å². The molecule has 0 fully saturated rings. The van der Waals surface area contributed by atoms with Crippen LogP contribution in [0.3, 0.4) is 0 Å². The van der Waals surface area contributed by atoms with E-state index in [9.17, 15) is 0 Å². The van der Waals surface area contributed by atoms with Crippen LogP contribution in [0.4, 0.5) is 0 Å². The van der Waals surface area contributed by atoms with Crippen LogP contribution in [0.2, 0.25) is 0 Å². The summed E-state index contributed by atoms with van der Waals surface area (Å²) in [6, 6.07) is 0. The van der Waals surface area contributed by atoms with Gasteiger partial charge in [0.05, 0.1) is 0 Å². The molecule has 0 unspecified atom stereocenters. The predicted octanol–water partition coefficient (Wildman–Crippen LogP) is 8.70. The number of nitrogens with one attached hydrogen (secondary N) is 1. The lowest BCUT2D eigenvalue weighted by atomic mass is 10.0. The molecule has 3 nitrogen and oxygen atoms in total. The second-order valence-electron chi connectivity index (χ2n) is 10.4. The number of aliphatic hydroxyl groups excluding tert-OH is 2. The molecule has 0 aromatic carbocycles. The maximum Gasteiger partial charge on any atom is 0.0431 e. The van der Waals surface area contributed by atoms with Gasteiger partial charge in [0.1, 0.15) is 0 Å². The first-order valence-electron chi connectivity index (χ1n) is 15.3. The van der Waals surface area contributed by atoms with E-state index in [1.54, 1.807) is 0 Å². The van der Waals surface area contributed by atoms with E-state index in [1.165, 1.54) is 167 Å². The average Bonchev–Trinajstić information content (AvgIpc) is 2.83. The van der Waals surface area contributed by atoms with Gasteiger partial charge in [0.2, 0.25) is 0 Å². The van der Waals surface area contributed by atoms with Gasteiger partial charge in [0.25, 0.3) is 0 Å². The van der Waals surface area contributed by atoms with Gasteiger partial charge in [-0.3, -0.25) is 0 Å². The van der Waals surface area contributed by atoms with Crippen molar-refractivity contribution in [3.63, 3.8) is 0 Å². The largest absolute Gasteiger partial charge is 0.396 e. The molecule has 3 N–H and O–H groups in total. The zero-order valence-electron chi connectivity index (χ0n) is 22.6. The Kier molecular flexibility index (Phi) is 31.8. The Morgan fingerprint density at radius 2 is 0.424 bits per heavy atom. The summed E-state index contributed by atoms with van der Waals surface area (Å²) < 4.78 is 0. The summed E-state index contributed by atoms with van der Waals surface area (Å²) in [5.74, 6) is 0. The zero-order valence-corrected chi connectivity index (χ0v) is 22.6. The van der Waals surface area contributed by atoms with Crippen molar-refractivity contribution in [1.29, 1.82) is 0 Å². The van der Waals surface area contributed by atoms with Gasteiger partial charge >= 0.3 is 0 Å². The van der Waals surface area contributed by atoms with Crippen molar-refractivity contribution in [2.24, 2.45) is 0 Å². The van der Waals surface area contributed by atoms with E-state index >= 15 is 0 Å². The van der Waals surface area contributed by atoms with Crippen molar-refractivity contribution in [2.75, 3.05) is 26.3 Å². The summed E-state index contributed by atoms with van der Waals surface area (Å²) in [5.41, 5.74) is 0.